The van der Waals surface area contributed by atoms with Gasteiger partial charge in [-0.05, 0) is 53.5 Å². The highest BCUT2D eigenvalue weighted by Crippen LogP contribution is 2.28. The Balaban J connectivity index is 1.98. The van der Waals surface area contributed by atoms with Crippen LogP contribution in [0.1, 0.15) is 23.2 Å². The van der Waals surface area contributed by atoms with Gasteiger partial charge in [-0.2, -0.15) is 0 Å². The van der Waals surface area contributed by atoms with Crippen molar-refractivity contribution in [3.8, 4) is 0 Å². The second-order valence-electron chi connectivity index (χ2n) is 7.84. The lowest BCUT2D eigenvalue weighted by Gasteiger charge is -2.14. The first kappa shape index (κ1) is 23.1. The third-order valence-corrected chi connectivity index (χ3v) is 6.20. The number of nitrogens with zero attached hydrogens (tertiary/aromatic N) is 3. The van der Waals surface area contributed by atoms with Crippen LogP contribution in [0.5, 0.6) is 0 Å². The number of aromatic nitrogens is 3. The predicted molar refractivity (Wildman–Crippen MR) is 133 cm³/mol. The number of hydrogen-bond acceptors (Lipinski definition) is 3. The van der Waals surface area contributed by atoms with Crippen molar-refractivity contribution in [1.82, 2.24) is 13.7 Å². The fraction of sp³-hybridized carbons (Fsp3) is 0.200. The SMILES string of the molecule is C=C(c1ccc(Cl)cc1)c1cc2c(c(=O)n(CCCO)c(=O)n2C)n1Cc1ccc(Cl)cc1. The summed E-state index contributed by atoms with van der Waals surface area (Å²) in [7, 11) is 1.64. The Labute approximate surface area is 200 Å². The van der Waals surface area contributed by atoms with E-state index in [-0.39, 0.29) is 13.2 Å². The summed E-state index contributed by atoms with van der Waals surface area (Å²) in [5, 5.41) is 10.5. The Morgan fingerprint density at radius 2 is 1.58 bits per heavy atom. The van der Waals surface area contributed by atoms with Gasteiger partial charge in [-0.3, -0.25) is 13.9 Å². The van der Waals surface area contributed by atoms with Gasteiger partial charge in [0.05, 0.1) is 11.2 Å². The summed E-state index contributed by atoms with van der Waals surface area (Å²) < 4.78 is 4.52. The van der Waals surface area contributed by atoms with E-state index < -0.39 is 11.2 Å². The van der Waals surface area contributed by atoms with Gasteiger partial charge < -0.3 is 9.67 Å². The van der Waals surface area contributed by atoms with Crippen LogP contribution in [0.3, 0.4) is 0 Å². The second-order valence-corrected chi connectivity index (χ2v) is 8.71. The van der Waals surface area contributed by atoms with Gasteiger partial charge in [-0.1, -0.05) is 54.0 Å². The largest absolute Gasteiger partial charge is 0.396 e. The van der Waals surface area contributed by atoms with E-state index in [0.717, 1.165) is 11.1 Å². The van der Waals surface area contributed by atoms with Crippen LogP contribution < -0.4 is 11.2 Å². The lowest BCUT2D eigenvalue weighted by Crippen LogP contribution is -2.39. The maximum absolute atomic E-state index is 13.5. The molecule has 2 aromatic carbocycles. The van der Waals surface area contributed by atoms with E-state index in [2.05, 4.69) is 6.58 Å². The molecule has 4 aromatic rings. The van der Waals surface area contributed by atoms with E-state index in [1.807, 2.05) is 34.9 Å². The molecule has 4 rings (SSSR count). The highest BCUT2D eigenvalue weighted by molar-refractivity contribution is 6.30. The average Bonchev–Trinajstić information content (AvgIpc) is 3.18. The van der Waals surface area contributed by atoms with Gasteiger partial charge >= 0.3 is 5.69 Å². The fourth-order valence-electron chi connectivity index (χ4n) is 3.93. The quantitative estimate of drug-likeness (QED) is 0.425. The summed E-state index contributed by atoms with van der Waals surface area (Å²) in [5.74, 6) is 0. The molecule has 0 saturated carbocycles. The summed E-state index contributed by atoms with van der Waals surface area (Å²) in [6.07, 6.45) is 0.308. The smallest absolute Gasteiger partial charge is 0.331 e. The van der Waals surface area contributed by atoms with E-state index in [0.29, 0.717) is 45.3 Å². The molecule has 0 aliphatic carbocycles. The van der Waals surface area contributed by atoms with Gasteiger partial charge in [0.2, 0.25) is 0 Å². The molecule has 0 atom stereocenters. The van der Waals surface area contributed by atoms with Crippen LogP contribution in [0.4, 0.5) is 0 Å². The molecule has 0 bridgehead atoms. The molecule has 0 saturated heterocycles. The van der Waals surface area contributed by atoms with Crippen LogP contribution in [-0.4, -0.2) is 25.4 Å². The second kappa shape index (κ2) is 9.43. The first-order chi connectivity index (χ1) is 15.8. The Bertz CT molecular complexity index is 1450. The number of aliphatic hydroxyl groups excluding tert-OH is 1. The van der Waals surface area contributed by atoms with E-state index in [1.165, 1.54) is 9.13 Å². The molecule has 33 heavy (non-hydrogen) atoms. The van der Waals surface area contributed by atoms with Gasteiger partial charge in [0.15, 0.2) is 0 Å². The van der Waals surface area contributed by atoms with Crippen molar-refractivity contribution in [3.63, 3.8) is 0 Å². The monoisotopic (exact) mass is 483 g/mol. The topological polar surface area (TPSA) is 69.2 Å². The highest BCUT2D eigenvalue weighted by Gasteiger charge is 2.20. The standard InChI is InChI=1S/C25H23Cl2N3O3/c1-16(18-6-10-20(27)11-7-18)21-14-22-23(30(21)15-17-4-8-19(26)9-5-17)24(32)29(12-3-13-31)25(33)28(22)2/h4-11,14,31H,1,3,12-13,15H2,2H3. The third kappa shape index (κ3) is 4.42. The molecular weight excluding hydrogens is 461 g/mol. The Kier molecular flexibility index (Phi) is 6.61. The number of aryl methyl sites for hydroxylation is 1. The van der Waals surface area contributed by atoms with E-state index in [1.54, 1.807) is 31.3 Å². The van der Waals surface area contributed by atoms with Gasteiger partial charge in [0, 0.05) is 36.8 Å². The van der Waals surface area contributed by atoms with Crippen LogP contribution in [0.25, 0.3) is 16.6 Å². The first-order valence-electron chi connectivity index (χ1n) is 10.5. The van der Waals surface area contributed by atoms with E-state index in [4.69, 9.17) is 23.2 Å². The van der Waals surface area contributed by atoms with Crippen molar-refractivity contribution in [2.45, 2.75) is 19.5 Å². The van der Waals surface area contributed by atoms with Crippen LogP contribution in [0.15, 0.2) is 70.8 Å². The van der Waals surface area contributed by atoms with Gasteiger partial charge in [0.1, 0.15) is 5.52 Å². The summed E-state index contributed by atoms with van der Waals surface area (Å²) in [6.45, 7) is 4.68. The average molecular weight is 484 g/mol. The number of halogens is 2. The van der Waals surface area contributed by atoms with Gasteiger partial charge in [0.25, 0.3) is 5.56 Å². The number of benzene rings is 2. The lowest BCUT2D eigenvalue weighted by atomic mass is 10.0. The molecule has 8 heteroatoms. The summed E-state index contributed by atoms with van der Waals surface area (Å²) in [4.78, 5) is 26.4. The van der Waals surface area contributed by atoms with Crippen molar-refractivity contribution in [1.29, 1.82) is 0 Å². The molecule has 6 nitrogen and oxygen atoms in total. The van der Waals surface area contributed by atoms with Crippen LogP contribution >= 0.6 is 23.2 Å². The Hall–Kier alpha value is -3.06. The fourth-order valence-corrected chi connectivity index (χ4v) is 4.18. The number of hydrogen-bond donors (Lipinski definition) is 1. The Morgan fingerprint density at radius 1 is 0.970 bits per heavy atom. The van der Waals surface area contributed by atoms with E-state index >= 15 is 0 Å². The Morgan fingerprint density at radius 3 is 2.18 bits per heavy atom. The zero-order valence-electron chi connectivity index (χ0n) is 18.1. The molecule has 2 aromatic heterocycles. The normalized spacial score (nSPS) is 11.3. The number of rotatable bonds is 7. The summed E-state index contributed by atoms with van der Waals surface area (Å²) >= 11 is 12.1. The summed E-state index contributed by atoms with van der Waals surface area (Å²) in [5.41, 5.74) is 3.31. The molecule has 170 valence electrons. The van der Waals surface area contributed by atoms with E-state index in [9.17, 15) is 14.7 Å². The molecule has 2 heterocycles. The molecule has 0 spiro atoms. The minimum atomic E-state index is -0.423. The zero-order chi connectivity index (χ0) is 23.7. The molecule has 0 aliphatic rings. The van der Waals surface area contributed by atoms with Crippen LogP contribution in [0.2, 0.25) is 10.0 Å². The predicted octanol–water partition coefficient (Wildman–Crippen LogP) is 4.30. The molecule has 0 amide bonds. The van der Waals surface area contributed by atoms with Gasteiger partial charge in [-0.15, -0.1) is 0 Å². The van der Waals surface area contributed by atoms with Crippen LogP contribution in [-0.2, 0) is 20.1 Å². The molecule has 0 radical (unpaired) electrons. The lowest BCUT2D eigenvalue weighted by molar-refractivity contribution is 0.277. The van der Waals surface area contributed by atoms with Crippen molar-refractivity contribution in [2.75, 3.05) is 6.61 Å². The van der Waals surface area contributed by atoms with Crippen LogP contribution in [0, 0.1) is 0 Å². The molecule has 0 aliphatic heterocycles. The number of fused-ring (bicyclic) bond motifs is 1. The molecule has 0 fully saturated rings. The first-order valence-corrected chi connectivity index (χ1v) is 11.2. The van der Waals surface area contributed by atoms with Crippen molar-refractivity contribution in [2.24, 2.45) is 7.05 Å². The van der Waals surface area contributed by atoms with Crippen molar-refractivity contribution >= 4 is 39.8 Å². The molecule has 1 N–H and O–H groups in total. The minimum absolute atomic E-state index is 0.113. The number of aliphatic hydroxyl groups is 1. The maximum atomic E-state index is 13.5. The summed E-state index contributed by atoms with van der Waals surface area (Å²) in [6, 6.07) is 16.5. The minimum Gasteiger partial charge on any atom is -0.396 e. The highest BCUT2D eigenvalue weighted by atomic mass is 35.5. The maximum Gasteiger partial charge on any atom is 0.331 e. The zero-order valence-corrected chi connectivity index (χ0v) is 19.6. The molecule has 0 unspecified atom stereocenters. The van der Waals surface area contributed by atoms with Gasteiger partial charge in [-0.25, -0.2) is 4.79 Å². The molecular formula is C25H23Cl2N3O3. The van der Waals surface area contributed by atoms with Crippen molar-refractivity contribution in [3.05, 3.63) is 109 Å². The van der Waals surface area contributed by atoms with Crippen molar-refractivity contribution < 1.29 is 5.11 Å². The third-order valence-electron chi connectivity index (χ3n) is 5.70.